The van der Waals surface area contributed by atoms with E-state index in [2.05, 4.69) is 5.32 Å². The molecule has 0 aliphatic heterocycles. The van der Waals surface area contributed by atoms with Crippen molar-refractivity contribution in [1.29, 1.82) is 0 Å². The first-order valence-electron chi connectivity index (χ1n) is 14.7. The first-order valence-corrected chi connectivity index (χ1v) is 16.5. The van der Waals surface area contributed by atoms with Crippen LogP contribution in [0.3, 0.4) is 0 Å². The first kappa shape index (κ1) is 33.6. The Bertz CT molecular complexity index is 1650. The standard InChI is InChI=1S/C35H38ClN3O5S/c1-4-26(2)37-35(41)33(23-27-11-7-5-8-12-27)38(24-28-15-17-29(36)18-16-28)34(40)25-39(30-13-9-6-10-14-30)45(42,43)32-21-19-31(44-3)20-22-32/h5-22,26,33H,4,23-25H2,1-3H3,(H,37,41)/t26-,33-/m0/s1. The Morgan fingerprint density at radius 1 is 0.844 bits per heavy atom. The third kappa shape index (κ3) is 8.86. The summed E-state index contributed by atoms with van der Waals surface area (Å²) in [7, 11) is -2.70. The molecule has 0 bridgehead atoms. The zero-order valence-corrected chi connectivity index (χ0v) is 27.2. The summed E-state index contributed by atoms with van der Waals surface area (Å²) in [5.74, 6) is -0.354. The Morgan fingerprint density at radius 3 is 2.02 bits per heavy atom. The number of hydrogen-bond acceptors (Lipinski definition) is 5. The number of carbonyl (C=O) groups excluding carboxylic acids is 2. The maximum Gasteiger partial charge on any atom is 0.264 e. The van der Waals surface area contributed by atoms with Crippen molar-refractivity contribution in [1.82, 2.24) is 10.2 Å². The number of ether oxygens (including phenoxy) is 1. The van der Waals surface area contributed by atoms with Gasteiger partial charge in [0, 0.05) is 24.0 Å². The van der Waals surface area contributed by atoms with Crippen molar-refractivity contribution < 1.29 is 22.7 Å². The summed E-state index contributed by atoms with van der Waals surface area (Å²) in [4.78, 5) is 29.8. The lowest BCUT2D eigenvalue weighted by molar-refractivity contribution is -0.140. The van der Waals surface area contributed by atoms with Gasteiger partial charge in [0.15, 0.2) is 0 Å². The second kappa shape index (κ2) is 15.6. The normalized spacial score (nSPS) is 12.5. The van der Waals surface area contributed by atoms with E-state index in [1.807, 2.05) is 44.2 Å². The minimum atomic E-state index is -4.20. The predicted molar refractivity (Wildman–Crippen MR) is 178 cm³/mol. The summed E-state index contributed by atoms with van der Waals surface area (Å²) >= 11 is 6.14. The monoisotopic (exact) mass is 647 g/mol. The van der Waals surface area contributed by atoms with Gasteiger partial charge in [-0.05, 0) is 73.0 Å². The fourth-order valence-corrected chi connectivity index (χ4v) is 6.32. The molecule has 236 valence electrons. The number of nitrogens with zero attached hydrogens (tertiary/aromatic N) is 2. The highest BCUT2D eigenvalue weighted by molar-refractivity contribution is 7.92. The average molecular weight is 648 g/mol. The molecule has 4 rings (SSSR count). The Labute approximate surface area is 270 Å². The molecule has 4 aromatic carbocycles. The van der Waals surface area contributed by atoms with Gasteiger partial charge in [0.2, 0.25) is 11.8 Å². The molecule has 0 aliphatic rings. The van der Waals surface area contributed by atoms with E-state index in [0.29, 0.717) is 22.9 Å². The molecular formula is C35H38ClN3O5S. The van der Waals surface area contributed by atoms with Crippen LogP contribution in [0.25, 0.3) is 0 Å². The van der Waals surface area contributed by atoms with Crippen LogP contribution in [0.4, 0.5) is 5.69 Å². The van der Waals surface area contributed by atoms with Gasteiger partial charge in [-0.25, -0.2) is 8.42 Å². The summed E-state index contributed by atoms with van der Waals surface area (Å²) in [5.41, 5.74) is 1.92. The van der Waals surface area contributed by atoms with Crippen LogP contribution in [-0.2, 0) is 32.6 Å². The Morgan fingerprint density at radius 2 is 1.44 bits per heavy atom. The molecule has 4 aromatic rings. The molecule has 0 aliphatic carbocycles. The molecule has 0 fully saturated rings. The minimum absolute atomic E-state index is 0.000413. The molecular weight excluding hydrogens is 610 g/mol. The van der Waals surface area contributed by atoms with Gasteiger partial charge >= 0.3 is 0 Å². The third-order valence-electron chi connectivity index (χ3n) is 7.51. The molecule has 0 aromatic heterocycles. The van der Waals surface area contributed by atoms with Gasteiger partial charge in [-0.1, -0.05) is 79.2 Å². The van der Waals surface area contributed by atoms with Crippen LogP contribution in [0.15, 0.2) is 114 Å². The van der Waals surface area contributed by atoms with Gasteiger partial charge in [0.25, 0.3) is 10.0 Å². The molecule has 0 saturated heterocycles. The van der Waals surface area contributed by atoms with Crippen molar-refractivity contribution in [2.75, 3.05) is 18.0 Å². The fourth-order valence-electron chi connectivity index (χ4n) is 4.78. The SMILES string of the molecule is CC[C@H](C)NC(=O)[C@H](Cc1ccccc1)N(Cc1ccc(Cl)cc1)C(=O)CN(c1ccccc1)S(=O)(=O)c1ccc(OC)cc1. The van der Waals surface area contributed by atoms with E-state index in [1.54, 1.807) is 66.7 Å². The van der Waals surface area contributed by atoms with Crippen LogP contribution >= 0.6 is 11.6 Å². The largest absolute Gasteiger partial charge is 0.497 e. The topological polar surface area (TPSA) is 96.0 Å². The lowest BCUT2D eigenvalue weighted by atomic mass is 10.0. The number of halogens is 1. The second-order valence-corrected chi connectivity index (χ2v) is 13.0. The highest BCUT2D eigenvalue weighted by atomic mass is 35.5. The number of anilines is 1. The Hall–Kier alpha value is -4.34. The number of amides is 2. The predicted octanol–water partition coefficient (Wildman–Crippen LogP) is 6.10. The molecule has 45 heavy (non-hydrogen) atoms. The maximum absolute atomic E-state index is 14.5. The van der Waals surface area contributed by atoms with E-state index in [-0.39, 0.29) is 29.8 Å². The lowest BCUT2D eigenvalue weighted by Crippen LogP contribution is -2.54. The van der Waals surface area contributed by atoms with Crippen LogP contribution in [0.5, 0.6) is 5.75 Å². The Kier molecular flexibility index (Phi) is 11.6. The van der Waals surface area contributed by atoms with Crippen molar-refractivity contribution >= 4 is 39.1 Å². The highest BCUT2D eigenvalue weighted by Gasteiger charge is 2.35. The van der Waals surface area contributed by atoms with Crippen molar-refractivity contribution in [2.45, 2.75) is 50.2 Å². The van der Waals surface area contributed by atoms with E-state index in [0.717, 1.165) is 15.4 Å². The molecule has 1 N–H and O–H groups in total. The molecule has 0 saturated carbocycles. The summed E-state index contributed by atoms with van der Waals surface area (Å²) in [6, 6.07) is 29.9. The van der Waals surface area contributed by atoms with Crippen molar-refractivity contribution in [3.8, 4) is 5.75 Å². The second-order valence-electron chi connectivity index (χ2n) is 10.7. The maximum atomic E-state index is 14.5. The molecule has 0 heterocycles. The highest BCUT2D eigenvalue weighted by Crippen LogP contribution is 2.26. The summed E-state index contributed by atoms with van der Waals surface area (Å²) < 4.78 is 34.5. The summed E-state index contributed by atoms with van der Waals surface area (Å²) in [6.45, 7) is 3.40. The van der Waals surface area contributed by atoms with Crippen molar-refractivity contribution in [2.24, 2.45) is 0 Å². The number of para-hydroxylation sites is 1. The molecule has 2 atom stereocenters. The average Bonchev–Trinajstić information content (AvgIpc) is 3.06. The third-order valence-corrected chi connectivity index (χ3v) is 9.55. The minimum Gasteiger partial charge on any atom is -0.497 e. The number of hydrogen-bond donors (Lipinski definition) is 1. The smallest absolute Gasteiger partial charge is 0.264 e. The summed E-state index contributed by atoms with van der Waals surface area (Å²) in [5, 5.41) is 3.57. The number of sulfonamides is 1. The van der Waals surface area contributed by atoms with E-state index < -0.39 is 28.5 Å². The van der Waals surface area contributed by atoms with Gasteiger partial charge in [0.1, 0.15) is 18.3 Å². The van der Waals surface area contributed by atoms with E-state index in [1.165, 1.54) is 24.1 Å². The quantitative estimate of drug-likeness (QED) is 0.179. The molecule has 10 heteroatoms. The molecule has 8 nitrogen and oxygen atoms in total. The van der Waals surface area contributed by atoms with Crippen LogP contribution in [0.2, 0.25) is 5.02 Å². The van der Waals surface area contributed by atoms with Gasteiger partial charge < -0.3 is 15.0 Å². The van der Waals surface area contributed by atoms with Gasteiger partial charge in [-0.15, -0.1) is 0 Å². The summed E-state index contributed by atoms with van der Waals surface area (Å²) in [6.07, 6.45) is 0.940. The van der Waals surface area contributed by atoms with E-state index in [4.69, 9.17) is 16.3 Å². The van der Waals surface area contributed by atoms with Crippen LogP contribution < -0.4 is 14.4 Å². The number of methoxy groups -OCH3 is 1. The zero-order valence-electron chi connectivity index (χ0n) is 25.6. The van der Waals surface area contributed by atoms with Gasteiger partial charge in [0.05, 0.1) is 17.7 Å². The van der Waals surface area contributed by atoms with Crippen LogP contribution in [0, 0.1) is 0 Å². The molecule has 2 amide bonds. The van der Waals surface area contributed by atoms with Crippen molar-refractivity contribution in [3.63, 3.8) is 0 Å². The lowest BCUT2D eigenvalue weighted by Gasteiger charge is -2.34. The van der Waals surface area contributed by atoms with Gasteiger partial charge in [-0.2, -0.15) is 0 Å². The Balaban J connectivity index is 1.78. The zero-order chi connectivity index (χ0) is 32.4. The van der Waals surface area contributed by atoms with Crippen molar-refractivity contribution in [3.05, 3.63) is 125 Å². The van der Waals surface area contributed by atoms with Crippen LogP contribution in [0.1, 0.15) is 31.4 Å². The fraction of sp³-hybridized carbons (Fsp3) is 0.257. The molecule has 0 radical (unpaired) electrons. The number of rotatable bonds is 14. The number of benzene rings is 4. The van der Waals surface area contributed by atoms with E-state index in [9.17, 15) is 18.0 Å². The first-order chi connectivity index (χ1) is 21.6. The number of nitrogens with one attached hydrogen (secondary N) is 1. The molecule has 0 spiro atoms. The van der Waals surface area contributed by atoms with Crippen LogP contribution in [-0.4, -0.2) is 50.9 Å². The molecule has 0 unspecified atom stereocenters. The van der Waals surface area contributed by atoms with E-state index >= 15 is 0 Å². The van der Waals surface area contributed by atoms with Gasteiger partial charge in [-0.3, -0.25) is 13.9 Å². The number of carbonyl (C=O) groups is 2.